The predicted octanol–water partition coefficient (Wildman–Crippen LogP) is 3.42. The molecular formula is C17H20N2O2. The van der Waals surface area contributed by atoms with Crippen molar-refractivity contribution in [3.8, 4) is 11.5 Å². The second-order valence-corrected chi connectivity index (χ2v) is 4.66. The first kappa shape index (κ1) is 15.1. The topological polar surface area (TPSA) is 50.4 Å². The van der Waals surface area contributed by atoms with Crippen molar-refractivity contribution < 1.29 is 9.53 Å². The molecule has 110 valence electrons. The summed E-state index contributed by atoms with van der Waals surface area (Å²) in [7, 11) is 0. The lowest BCUT2D eigenvalue weighted by Gasteiger charge is -2.05. The average Bonchev–Trinajstić information content (AvgIpc) is 3.10. The smallest absolute Gasteiger partial charge is 0.211 e. The van der Waals surface area contributed by atoms with E-state index in [1.54, 1.807) is 24.3 Å². The molecule has 2 aromatic rings. The molecular weight excluding hydrogens is 264 g/mol. The van der Waals surface area contributed by atoms with Gasteiger partial charge in [-0.2, -0.15) is 0 Å². The Hall–Kier alpha value is -2.33. The summed E-state index contributed by atoms with van der Waals surface area (Å²) in [4.78, 5) is 10.2. The molecule has 0 saturated carbocycles. The van der Waals surface area contributed by atoms with Crippen LogP contribution in [-0.4, -0.2) is 19.5 Å². The molecule has 1 aliphatic rings. The average molecular weight is 284 g/mol. The van der Waals surface area contributed by atoms with Crippen molar-refractivity contribution in [1.29, 1.82) is 0 Å². The molecule has 1 amide bonds. The van der Waals surface area contributed by atoms with Crippen molar-refractivity contribution in [2.45, 2.75) is 12.8 Å². The zero-order chi connectivity index (χ0) is 14.8. The van der Waals surface area contributed by atoms with E-state index in [1.807, 2.05) is 30.3 Å². The minimum atomic E-state index is 0.646. The highest BCUT2D eigenvalue weighted by Gasteiger charge is 1.96. The third kappa shape index (κ3) is 5.67. The van der Waals surface area contributed by atoms with Crippen LogP contribution in [0.3, 0.4) is 0 Å². The van der Waals surface area contributed by atoms with Crippen LogP contribution in [0.25, 0.3) is 0 Å². The molecule has 1 aliphatic heterocycles. The van der Waals surface area contributed by atoms with Crippen molar-refractivity contribution in [3.05, 3.63) is 54.6 Å². The van der Waals surface area contributed by atoms with Crippen molar-refractivity contribution in [2.24, 2.45) is 0 Å². The van der Waals surface area contributed by atoms with Gasteiger partial charge in [-0.15, -0.1) is 0 Å². The van der Waals surface area contributed by atoms with Crippen LogP contribution in [-0.2, 0) is 4.79 Å². The van der Waals surface area contributed by atoms with E-state index < -0.39 is 0 Å². The molecule has 1 fully saturated rings. The summed E-state index contributed by atoms with van der Waals surface area (Å²) in [5.41, 5.74) is 0.746. The van der Waals surface area contributed by atoms with Crippen LogP contribution in [0, 0.1) is 0 Å². The number of ether oxygens (including phenoxy) is 1. The van der Waals surface area contributed by atoms with Gasteiger partial charge in [-0.1, -0.05) is 18.2 Å². The molecule has 4 heteroatoms. The molecule has 21 heavy (non-hydrogen) atoms. The van der Waals surface area contributed by atoms with Gasteiger partial charge in [-0.3, -0.25) is 4.79 Å². The maximum atomic E-state index is 10.2. The third-order valence-electron chi connectivity index (χ3n) is 3.02. The number of nitrogens with one attached hydrogen (secondary N) is 2. The quantitative estimate of drug-likeness (QED) is 0.846. The van der Waals surface area contributed by atoms with Crippen LogP contribution in [0.15, 0.2) is 54.6 Å². The van der Waals surface area contributed by atoms with Crippen LogP contribution in [0.4, 0.5) is 5.69 Å². The molecule has 3 rings (SSSR count). The molecule has 0 bridgehead atoms. The third-order valence-corrected chi connectivity index (χ3v) is 3.02. The Bertz CT molecular complexity index is 515. The fourth-order valence-corrected chi connectivity index (χ4v) is 1.94. The second-order valence-electron chi connectivity index (χ2n) is 4.66. The monoisotopic (exact) mass is 284 g/mol. The minimum Gasteiger partial charge on any atom is -0.457 e. The molecule has 1 heterocycles. The van der Waals surface area contributed by atoms with Crippen LogP contribution in [0.1, 0.15) is 12.8 Å². The molecule has 2 N–H and O–H groups in total. The van der Waals surface area contributed by atoms with Gasteiger partial charge in [0.05, 0.1) is 0 Å². The lowest BCUT2D eigenvalue weighted by atomic mass is 10.3. The lowest BCUT2D eigenvalue weighted by molar-refractivity contribution is -0.105. The molecule has 2 aromatic carbocycles. The highest BCUT2D eigenvalue weighted by atomic mass is 16.5. The minimum absolute atomic E-state index is 0.646. The maximum Gasteiger partial charge on any atom is 0.211 e. The number of benzene rings is 2. The molecule has 0 unspecified atom stereocenters. The zero-order valence-electron chi connectivity index (χ0n) is 11.9. The van der Waals surface area contributed by atoms with E-state index in [0.29, 0.717) is 6.41 Å². The Balaban J connectivity index is 0.000000272. The number of para-hydroxylation sites is 1. The summed E-state index contributed by atoms with van der Waals surface area (Å²) >= 11 is 0. The van der Waals surface area contributed by atoms with Crippen LogP contribution in [0.2, 0.25) is 0 Å². The summed E-state index contributed by atoms with van der Waals surface area (Å²) in [5, 5.41) is 5.78. The standard InChI is InChI=1S/C13H11NO2.C4H9N/c15-10-14-11-6-8-13(9-7-11)16-12-4-2-1-3-5-12;1-2-4-5-3-1/h1-10H,(H,14,15);5H,1-4H2. The Morgan fingerprint density at radius 3 is 2.05 bits per heavy atom. The van der Waals surface area contributed by atoms with Gasteiger partial charge in [0.25, 0.3) is 0 Å². The molecule has 0 atom stereocenters. The number of anilines is 1. The zero-order valence-corrected chi connectivity index (χ0v) is 11.9. The van der Waals surface area contributed by atoms with Gasteiger partial charge in [0.2, 0.25) is 6.41 Å². The number of carbonyl (C=O) groups excluding carboxylic acids is 1. The highest BCUT2D eigenvalue weighted by molar-refractivity contribution is 5.71. The highest BCUT2D eigenvalue weighted by Crippen LogP contribution is 2.22. The summed E-state index contributed by atoms with van der Waals surface area (Å²) in [6.07, 6.45) is 3.42. The number of amides is 1. The number of hydrogen-bond donors (Lipinski definition) is 2. The Morgan fingerprint density at radius 2 is 1.52 bits per heavy atom. The van der Waals surface area contributed by atoms with Gasteiger partial charge in [0, 0.05) is 5.69 Å². The molecule has 4 nitrogen and oxygen atoms in total. The van der Waals surface area contributed by atoms with Crippen molar-refractivity contribution in [2.75, 3.05) is 18.4 Å². The van der Waals surface area contributed by atoms with Gasteiger partial charge in [0.1, 0.15) is 11.5 Å². The summed E-state index contributed by atoms with van der Waals surface area (Å²) < 4.78 is 5.60. The fraction of sp³-hybridized carbons (Fsp3) is 0.235. The first-order valence-electron chi connectivity index (χ1n) is 7.12. The van der Waals surface area contributed by atoms with Crippen molar-refractivity contribution in [3.63, 3.8) is 0 Å². The van der Waals surface area contributed by atoms with Crippen molar-refractivity contribution in [1.82, 2.24) is 5.32 Å². The van der Waals surface area contributed by atoms with Gasteiger partial charge < -0.3 is 15.4 Å². The van der Waals surface area contributed by atoms with Gasteiger partial charge in [-0.05, 0) is 62.3 Å². The number of rotatable bonds is 4. The Kier molecular flexibility index (Phi) is 6.29. The summed E-state index contributed by atoms with van der Waals surface area (Å²) in [6.45, 7) is 2.50. The van der Waals surface area contributed by atoms with E-state index in [0.717, 1.165) is 17.2 Å². The normalized spacial score (nSPS) is 13.0. The SMILES string of the molecule is C1CCNC1.O=CNc1ccc(Oc2ccccc2)cc1. The first-order valence-corrected chi connectivity index (χ1v) is 7.12. The fourth-order valence-electron chi connectivity index (χ4n) is 1.94. The van der Waals surface area contributed by atoms with E-state index in [2.05, 4.69) is 10.6 Å². The number of hydrogen-bond acceptors (Lipinski definition) is 3. The number of carbonyl (C=O) groups is 1. The molecule has 0 aliphatic carbocycles. The summed E-state index contributed by atoms with van der Waals surface area (Å²) in [5.74, 6) is 1.53. The van der Waals surface area contributed by atoms with Crippen LogP contribution >= 0.6 is 0 Å². The van der Waals surface area contributed by atoms with E-state index >= 15 is 0 Å². The van der Waals surface area contributed by atoms with Crippen molar-refractivity contribution >= 4 is 12.1 Å². The second kappa shape index (κ2) is 8.76. The maximum absolute atomic E-state index is 10.2. The predicted molar refractivity (Wildman–Crippen MR) is 84.7 cm³/mol. The Labute approximate surface area is 125 Å². The molecule has 0 radical (unpaired) electrons. The lowest BCUT2D eigenvalue weighted by Crippen LogP contribution is -2.03. The van der Waals surface area contributed by atoms with Gasteiger partial charge >= 0.3 is 0 Å². The Morgan fingerprint density at radius 1 is 0.905 bits per heavy atom. The van der Waals surface area contributed by atoms with Crippen LogP contribution < -0.4 is 15.4 Å². The van der Waals surface area contributed by atoms with E-state index in [-0.39, 0.29) is 0 Å². The molecule has 0 aromatic heterocycles. The first-order chi connectivity index (χ1) is 10.4. The molecule has 0 spiro atoms. The van der Waals surface area contributed by atoms with Gasteiger partial charge in [-0.25, -0.2) is 0 Å². The van der Waals surface area contributed by atoms with Gasteiger partial charge in [0.15, 0.2) is 0 Å². The van der Waals surface area contributed by atoms with Crippen LogP contribution in [0.5, 0.6) is 11.5 Å². The van der Waals surface area contributed by atoms with E-state index in [4.69, 9.17) is 4.74 Å². The van der Waals surface area contributed by atoms with E-state index in [1.165, 1.54) is 25.9 Å². The largest absolute Gasteiger partial charge is 0.457 e. The molecule has 1 saturated heterocycles. The van der Waals surface area contributed by atoms with E-state index in [9.17, 15) is 4.79 Å². The summed E-state index contributed by atoms with van der Waals surface area (Å²) in [6, 6.07) is 16.7.